The average molecular weight is 609 g/mol. The Kier molecular flexibility index (Phi) is 7.75. The largest absolute Gasteiger partial charge is 0.469 e. The molecule has 0 radical (unpaired) electrons. The van der Waals surface area contributed by atoms with Gasteiger partial charge in [0, 0.05) is 63.3 Å². The summed E-state index contributed by atoms with van der Waals surface area (Å²) in [6.07, 6.45) is 8.09. The minimum Gasteiger partial charge on any atom is -0.469 e. The molecule has 0 saturated carbocycles. The molecule has 1 unspecified atom stereocenters. The number of carbonyl (C=O) groups excluding carboxylic acids is 3. The molecule has 1 aliphatic carbocycles. The van der Waals surface area contributed by atoms with Gasteiger partial charge in [0.15, 0.2) is 5.78 Å². The van der Waals surface area contributed by atoms with E-state index in [0.717, 1.165) is 50.8 Å². The lowest BCUT2D eigenvalue weighted by Crippen LogP contribution is -2.31. The normalized spacial score (nSPS) is 25.0. The molecule has 0 spiro atoms. The third-order valence-corrected chi connectivity index (χ3v) is 10.2. The number of ether oxygens (including phenoxy) is 2. The lowest BCUT2D eigenvalue weighted by molar-refractivity contribution is -0.146. The highest BCUT2D eigenvalue weighted by molar-refractivity contribution is 6.33. The predicted molar refractivity (Wildman–Crippen MR) is 174 cm³/mol. The molecular weight excluding hydrogens is 568 g/mol. The Bertz CT molecular complexity index is 1930. The number of hydrogen-bond donors (Lipinski definition) is 2. The summed E-state index contributed by atoms with van der Waals surface area (Å²) >= 11 is 0. The predicted octanol–water partition coefficient (Wildman–Crippen LogP) is 3.76. The lowest BCUT2D eigenvalue weighted by atomic mass is 9.79. The van der Waals surface area contributed by atoms with Crippen molar-refractivity contribution in [1.82, 2.24) is 9.97 Å². The number of esters is 2. The van der Waals surface area contributed by atoms with E-state index >= 15 is 0 Å². The standard InChI is InChI=1S/C36H40N4O5/c1-9-20-16(3)23-13-25-18(5)22(11-12-29(41)44-7)33(39-25)31-32(36(43)45-8)35(42)30-19(6)26(40-34(30)31)15-28-21(10-2)17(4)24(38-28)14-27(20)37-23/h9,14-15,18,22,25,32,37-38H,1,10-13H2,2-8H3/b24-14-,28-15-/t18-,22-,25?,32+/m0/s1. The van der Waals surface area contributed by atoms with Crippen LogP contribution in [-0.2, 0) is 36.7 Å². The van der Waals surface area contributed by atoms with Crippen LogP contribution in [0.2, 0.25) is 0 Å². The van der Waals surface area contributed by atoms with Crippen molar-refractivity contribution in [2.24, 2.45) is 27.7 Å². The zero-order valence-electron chi connectivity index (χ0n) is 27.0. The first-order chi connectivity index (χ1) is 21.5. The van der Waals surface area contributed by atoms with Crippen LogP contribution >= 0.6 is 0 Å². The van der Waals surface area contributed by atoms with Crippen LogP contribution in [0.5, 0.6) is 0 Å². The zero-order chi connectivity index (χ0) is 32.3. The zero-order valence-corrected chi connectivity index (χ0v) is 27.0. The summed E-state index contributed by atoms with van der Waals surface area (Å²) in [4.78, 5) is 57.2. The van der Waals surface area contributed by atoms with Gasteiger partial charge in [0.25, 0.3) is 0 Å². The monoisotopic (exact) mass is 608 g/mol. The quantitative estimate of drug-likeness (QED) is 0.382. The van der Waals surface area contributed by atoms with Gasteiger partial charge < -0.3 is 19.4 Å². The van der Waals surface area contributed by atoms with Crippen LogP contribution in [0.1, 0.15) is 67.3 Å². The molecule has 4 atom stereocenters. The van der Waals surface area contributed by atoms with Crippen molar-refractivity contribution in [3.8, 4) is 0 Å². The van der Waals surface area contributed by atoms with E-state index in [-0.39, 0.29) is 36.1 Å². The third-order valence-electron chi connectivity index (χ3n) is 10.2. The van der Waals surface area contributed by atoms with Crippen molar-refractivity contribution in [2.75, 3.05) is 14.2 Å². The van der Waals surface area contributed by atoms with Gasteiger partial charge in [-0.1, -0.05) is 26.5 Å². The maximum absolute atomic E-state index is 14.1. The van der Waals surface area contributed by atoms with Crippen molar-refractivity contribution in [2.45, 2.75) is 66.3 Å². The first kappa shape index (κ1) is 30.5. The van der Waals surface area contributed by atoms with Crippen LogP contribution in [0, 0.1) is 31.6 Å². The number of nitrogens with zero attached hydrogens (tertiary/aromatic N) is 2. The molecule has 4 aliphatic rings. The number of nitrogens with one attached hydrogen (secondary N) is 2. The Labute approximate surface area is 262 Å². The highest BCUT2D eigenvalue weighted by Crippen LogP contribution is 2.46. The van der Waals surface area contributed by atoms with Crippen molar-refractivity contribution >= 4 is 47.4 Å². The van der Waals surface area contributed by atoms with Gasteiger partial charge in [-0.25, -0.2) is 4.99 Å². The summed E-state index contributed by atoms with van der Waals surface area (Å²) in [6.45, 7) is 14.4. The Hall–Kier alpha value is -4.53. The van der Waals surface area contributed by atoms with E-state index in [1.54, 1.807) is 0 Å². The number of Topliss-reactive ketones (excluding diaryl/α,β-unsaturated/α-hetero) is 1. The second-order valence-electron chi connectivity index (χ2n) is 12.4. The van der Waals surface area contributed by atoms with Crippen LogP contribution in [0.4, 0.5) is 0 Å². The molecule has 0 saturated heterocycles. The maximum atomic E-state index is 14.1. The summed E-state index contributed by atoms with van der Waals surface area (Å²) in [7, 11) is 2.67. The van der Waals surface area contributed by atoms with E-state index < -0.39 is 11.9 Å². The number of methoxy groups -OCH3 is 2. The van der Waals surface area contributed by atoms with Gasteiger partial charge in [-0.2, -0.15) is 0 Å². The number of aliphatic imine (C=N–C) groups is 2. The molecule has 0 amide bonds. The van der Waals surface area contributed by atoms with Crippen molar-refractivity contribution in [3.63, 3.8) is 0 Å². The highest BCUT2D eigenvalue weighted by Gasteiger charge is 2.51. The number of carbonyl (C=O) groups is 3. The molecule has 2 N–H and O–H groups in total. The van der Waals surface area contributed by atoms with Crippen molar-refractivity contribution in [3.05, 3.63) is 73.3 Å². The topological polar surface area (TPSA) is 126 Å². The van der Waals surface area contributed by atoms with E-state index in [2.05, 4.69) is 50.3 Å². The van der Waals surface area contributed by atoms with Gasteiger partial charge in [-0.05, 0) is 73.9 Å². The second kappa shape index (κ2) is 11.4. The fraction of sp³-hybridized carbons (Fsp3) is 0.417. The number of rotatable bonds is 6. The number of H-pyrrole nitrogens is 2. The van der Waals surface area contributed by atoms with E-state index in [0.29, 0.717) is 41.1 Å². The van der Waals surface area contributed by atoms with Gasteiger partial charge in [0.05, 0.1) is 31.7 Å². The van der Waals surface area contributed by atoms with Crippen LogP contribution in [0.15, 0.2) is 39.0 Å². The molecule has 8 bridgehead atoms. The second-order valence-corrected chi connectivity index (χ2v) is 12.4. The average Bonchev–Trinajstić information content (AvgIpc) is 3.76. The van der Waals surface area contributed by atoms with E-state index in [1.807, 2.05) is 19.1 Å². The van der Waals surface area contributed by atoms with Gasteiger partial charge >= 0.3 is 11.9 Å². The first-order valence-electron chi connectivity index (χ1n) is 15.6. The Morgan fingerprint density at radius 3 is 2.51 bits per heavy atom. The van der Waals surface area contributed by atoms with E-state index in [9.17, 15) is 14.4 Å². The summed E-state index contributed by atoms with van der Waals surface area (Å²) < 4.78 is 10.2. The summed E-state index contributed by atoms with van der Waals surface area (Å²) in [6, 6.07) is -0.170. The molecule has 9 nitrogen and oxygen atoms in total. The van der Waals surface area contributed by atoms with E-state index in [1.165, 1.54) is 19.8 Å². The van der Waals surface area contributed by atoms with Crippen LogP contribution in [0.25, 0.3) is 18.2 Å². The number of ketones is 1. The SMILES string of the molecule is C=Cc1c2[nH]c(c1C)CC1N=C(C3=C4N=C(/C=c5\[nH]/c(c(C)c5CC)=C\2)C(C)=C4C(=O)[C@@H]3C(=O)OC)[C@@H](CCC(=O)OC)[C@@H]1C. The molecular formula is C36H40N4O5. The number of fused-ring (bicyclic) bond motifs is 6. The molecule has 0 fully saturated rings. The first-order valence-corrected chi connectivity index (χ1v) is 15.6. The number of allylic oxidation sites excluding steroid dienone is 2. The fourth-order valence-electron chi connectivity index (χ4n) is 7.57. The number of aromatic nitrogens is 2. The molecule has 9 heteroatoms. The van der Waals surface area contributed by atoms with Gasteiger partial charge in [-0.3, -0.25) is 19.4 Å². The Balaban J connectivity index is 1.67. The third kappa shape index (κ3) is 4.71. The molecule has 2 aromatic heterocycles. The Morgan fingerprint density at radius 2 is 1.84 bits per heavy atom. The minimum absolute atomic E-state index is 0.00888. The van der Waals surface area contributed by atoms with Gasteiger partial charge in [-0.15, -0.1) is 0 Å². The summed E-state index contributed by atoms with van der Waals surface area (Å²) in [5, 5.41) is 1.92. The smallest absolute Gasteiger partial charge is 0.321 e. The lowest BCUT2D eigenvalue weighted by Gasteiger charge is -2.22. The number of hydrogen-bond acceptors (Lipinski definition) is 7. The maximum Gasteiger partial charge on any atom is 0.321 e. The molecule has 0 aromatic carbocycles. The van der Waals surface area contributed by atoms with E-state index in [4.69, 9.17) is 19.5 Å². The van der Waals surface area contributed by atoms with Crippen LogP contribution in [-0.4, -0.2) is 59.4 Å². The molecule has 3 aliphatic heterocycles. The van der Waals surface area contributed by atoms with Crippen molar-refractivity contribution in [1.29, 1.82) is 0 Å². The molecule has 5 heterocycles. The molecule has 6 rings (SSSR count). The minimum atomic E-state index is -1.16. The van der Waals surface area contributed by atoms with Crippen molar-refractivity contribution < 1.29 is 23.9 Å². The molecule has 234 valence electrons. The van der Waals surface area contributed by atoms with Gasteiger partial charge in [0.1, 0.15) is 5.92 Å². The van der Waals surface area contributed by atoms with Gasteiger partial charge in [0.2, 0.25) is 0 Å². The Morgan fingerprint density at radius 1 is 1.09 bits per heavy atom. The van der Waals surface area contributed by atoms with Crippen LogP contribution < -0.4 is 10.7 Å². The van der Waals surface area contributed by atoms with Crippen LogP contribution in [0.3, 0.4) is 0 Å². The summed E-state index contributed by atoms with van der Waals surface area (Å²) in [5.41, 5.74) is 9.94. The molecule has 2 aromatic rings. The molecule has 45 heavy (non-hydrogen) atoms. The highest BCUT2D eigenvalue weighted by atomic mass is 16.5. The summed E-state index contributed by atoms with van der Waals surface area (Å²) in [5.74, 6) is -2.62. The number of aromatic amines is 2. The fourth-order valence-corrected chi connectivity index (χ4v) is 7.57.